The maximum absolute atomic E-state index is 13.6. The van der Waals surface area contributed by atoms with Gasteiger partial charge in [-0.15, -0.1) is 0 Å². The highest BCUT2D eigenvalue weighted by molar-refractivity contribution is 5.93. The lowest BCUT2D eigenvalue weighted by atomic mass is 9.86. The SMILES string of the molecule is CC(=O)Nc1ccc(NC(=O)COc2c(-c3ccc(C(C)(C)C)cc3)oc3cc(C)c(C)cc3c2=O)cc1. The van der Waals surface area contributed by atoms with Crippen molar-refractivity contribution < 1.29 is 18.7 Å². The molecule has 0 fully saturated rings. The quantitative estimate of drug-likeness (QED) is 0.314. The second kappa shape index (κ2) is 10.5. The van der Waals surface area contributed by atoms with E-state index in [0.29, 0.717) is 27.9 Å². The summed E-state index contributed by atoms with van der Waals surface area (Å²) in [5.74, 6) is -0.358. The molecular formula is C31H32N2O5. The third-order valence-electron chi connectivity index (χ3n) is 6.31. The Labute approximate surface area is 221 Å². The minimum atomic E-state index is -0.439. The largest absolute Gasteiger partial charge is 0.476 e. The van der Waals surface area contributed by atoms with Gasteiger partial charge in [0.15, 0.2) is 12.4 Å². The Balaban J connectivity index is 1.65. The van der Waals surface area contributed by atoms with E-state index in [-0.39, 0.29) is 34.9 Å². The molecule has 4 rings (SSSR count). The van der Waals surface area contributed by atoms with E-state index in [1.807, 2.05) is 44.2 Å². The van der Waals surface area contributed by atoms with Crippen molar-refractivity contribution in [1.29, 1.82) is 0 Å². The maximum Gasteiger partial charge on any atom is 0.262 e. The van der Waals surface area contributed by atoms with Gasteiger partial charge in [0.25, 0.3) is 5.91 Å². The van der Waals surface area contributed by atoms with Crippen molar-refractivity contribution in [3.63, 3.8) is 0 Å². The molecule has 0 saturated heterocycles. The zero-order valence-corrected chi connectivity index (χ0v) is 22.5. The lowest BCUT2D eigenvalue weighted by Gasteiger charge is -2.19. The predicted octanol–water partition coefficient (Wildman–Crippen LogP) is 6.35. The van der Waals surface area contributed by atoms with Crippen LogP contribution < -0.4 is 20.8 Å². The summed E-state index contributed by atoms with van der Waals surface area (Å²) < 4.78 is 12.1. The summed E-state index contributed by atoms with van der Waals surface area (Å²) in [4.78, 5) is 37.4. The van der Waals surface area contributed by atoms with E-state index in [4.69, 9.17) is 9.15 Å². The molecule has 4 aromatic rings. The molecule has 0 radical (unpaired) electrons. The topological polar surface area (TPSA) is 97.6 Å². The van der Waals surface area contributed by atoms with Crippen LogP contribution in [0.2, 0.25) is 0 Å². The molecule has 0 unspecified atom stereocenters. The molecule has 0 aliphatic carbocycles. The first-order valence-electron chi connectivity index (χ1n) is 12.4. The Morgan fingerprint density at radius 2 is 1.45 bits per heavy atom. The number of anilines is 2. The van der Waals surface area contributed by atoms with Crippen molar-refractivity contribution in [2.24, 2.45) is 0 Å². The molecular weight excluding hydrogens is 480 g/mol. The van der Waals surface area contributed by atoms with Crippen LogP contribution in [0.15, 0.2) is 69.9 Å². The molecule has 196 valence electrons. The lowest BCUT2D eigenvalue weighted by molar-refractivity contribution is -0.118. The summed E-state index contributed by atoms with van der Waals surface area (Å²) >= 11 is 0. The van der Waals surface area contributed by atoms with Crippen LogP contribution in [0.5, 0.6) is 5.75 Å². The number of amides is 2. The van der Waals surface area contributed by atoms with Crippen LogP contribution in [0.1, 0.15) is 44.4 Å². The molecule has 0 atom stereocenters. The Morgan fingerprint density at radius 3 is 2.03 bits per heavy atom. The van der Waals surface area contributed by atoms with Crippen LogP contribution in [-0.2, 0) is 15.0 Å². The fourth-order valence-electron chi connectivity index (χ4n) is 4.05. The number of rotatable bonds is 6. The highest BCUT2D eigenvalue weighted by atomic mass is 16.5. The van der Waals surface area contributed by atoms with Crippen molar-refractivity contribution in [3.8, 4) is 17.1 Å². The first-order chi connectivity index (χ1) is 17.9. The Hall–Kier alpha value is -4.39. The predicted molar refractivity (Wildman–Crippen MR) is 151 cm³/mol. The van der Waals surface area contributed by atoms with Crippen LogP contribution in [0.25, 0.3) is 22.3 Å². The molecule has 7 heteroatoms. The molecule has 38 heavy (non-hydrogen) atoms. The summed E-state index contributed by atoms with van der Waals surface area (Å²) in [6, 6.07) is 18.1. The van der Waals surface area contributed by atoms with Crippen LogP contribution >= 0.6 is 0 Å². The van der Waals surface area contributed by atoms with Gasteiger partial charge in [-0.2, -0.15) is 0 Å². The number of ether oxygens (including phenoxy) is 1. The van der Waals surface area contributed by atoms with Crippen molar-refractivity contribution in [2.45, 2.75) is 47.0 Å². The Bertz CT molecular complexity index is 1560. The van der Waals surface area contributed by atoms with Gasteiger partial charge < -0.3 is 19.8 Å². The smallest absolute Gasteiger partial charge is 0.262 e. The van der Waals surface area contributed by atoms with Crippen molar-refractivity contribution in [1.82, 2.24) is 0 Å². The summed E-state index contributed by atoms with van der Waals surface area (Å²) in [6.07, 6.45) is 0. The molecule has 0 aliphatic rings. The number of hydrogen-bond acceptors (Lipinski definition) is 5. The van der Waals surface area contributed by atoms with Gasteiger partial charge in [0.05, 0.1) is 5.39 Å². The molecule has 2 N–H and O–H groups in total. The molecule has 0 aliphatic heterocycles. The molecule has 0 spiro atoms. The van der Waals surface area contributed by atoms with Gasteiger partial charge in [0.2, 0.25) is 17.1 Å². The van der Waals surface area contributed by atoms with E-state index < -0.39 is 5.91 Å². The van der Waals surface area contributed by atoms with Gasteiger partial charge in [0.1, 0.15) is 5.58 Å². The Morgan fingerprint density at radius 1 is 0.868 bits per heavy atom. The fraction of sp³-hybridized carbons (Fsp3) is 0.258. The monoisotopic (exact) mass is 512 g/mol. The highest BCUT2D eigenvalue weighted by Gasteiger charge is 2.21. The van der Waals surface area contributed by atoms with Gasteiger partial charge in [-0.05, 0) is 72.4 Å². The van der Waals surface area contributed by atoms with Gasteiger partial charge in [-0.1, -0.05) is 45.0 Å². The average Bonchev–Trinajstić information content (AvgIpc) is 2.85. The first kappa shape index (κ1) is 26.7. The van der Waals surface area contributed by atoms with E-state index in [9.17, 15) is 14.4 Å². The molecule has 1 heterocycles. The third-order valence-corrected chi connectivity index (χ3v) is 6.31. The number of nitrogens with one attached hydrogen (secondary N) is 2. The van der Waals surface area contributed by atoms with Crippen molar-refractivity contribution in [3.05, 3.63) is 87.6 Å². The van der Waals surface area contributed by atoms with Crippen LogP contribution in [0.3, 0.4) is 0 Å². The number of hydrogen-bond donors (Lipinski definition) is 2. The molecule has 0 bridgehead atoms. The van der Waals surface area contributed by atoms with Gasteiger partial charge in [-0.3, -0.25) is 14.4 Å². The van der Waals surface area contributed by atoms with Crippen LogP contribution in [0, 0.1) is 13.8 Å². The van der Waals surface area contributed by atoms with Crippen molar-refractivity contribution >= 4 is 34.2 Å². The molecule has 0 saturated carbocycles. The van der Waals surface area contributed by atoms with Gasteiger partial charge in [-0.25, -0.2) is 0 Å². The Kier molecular flexibility index (Phi) is 7.39. The maximum atomic E-state index is 13.6. The zero-order chi connectivity index (χ0) is 27.6. The molecule has 3 aromatic carbocycles. The fourth-order valence-corrected chi connectivity index (χ4v) is 4.05. The highest BCUT2D eigenvalue weighted by Crippen LogP contribution is 2.33. The molecule has 1 aromatic heterocycles. The number of aryl methyl sites for hydroxylation is 2. The van der Waals surface area contributed by atoms with Gasteiger partial charge in [0, 0.05) is 23.9 Å². The summed E-state index contributed by atoms with van der Waals surface area (Å²) in [5.41, 5.74) is 5.03. The average molecular weight is 513 g/mol. The van der Waals surface area contributed by atoms with Crippen LogP contribution in [0.4, 0.5) is 11.4 Å². The van der Waals surface area contributed by atoms with E-state index >= 15 is 0 Å². The minimum Gasteiger partial charge on any atom is -0.476 e. The first-order valence-corrected chi connectivity index (χ1v) is 12.4. The molecule has 2 amide bonds. The van der Waals surface area contributed by atoms with Gasteiger partial charge >= 0.3 is 0 Å². The van der Waals surface area contributed by atoms with E-state index in [0.717, 1.165) is 16.7 Å². The number of carbonyl (C=O) groups excluding carboxylic acids is 2. The van der Waals surface area contributed by atoms with E-state index in [1.165, 1.54) is 6.92 Å². The number of fused-ring (bicyclic) bond motifs is 1. The number of benzene rings is 3. The number of carbonyl (C=O) groups is 2. The summed E-state index contributed by atoms with van der Waals surface area (Å²) in [6.45, 7) is 11.3. The standard InChI is InChI=1S/C31H32N2O5/c1-18-15-25-26(16-19(18)2)38-29(21-7-9-22(10-8-21)31(4,5)6)30(28(25)36)37-17-27(35)33-24-13-11-23(12-14-24)32-20(3)34/h7-16H,17H2,1-6H3,(H,32,34)(H,33,35). The van der Waals surface area contributed by atoms with Crippen molar-refractivity contribution in [2.75, 3.05) is 17.2 Å². The van der Waals surface area contributed by atoms with E-state index in [2.05, 4.69) is 31.4 Å². The minimum absolute atomic E-state index is 0.0135. The third kappa shape index (κ3) is 5.94. The lowest BCUT2D eigenvalue weighted by Crippen LogP contribution is -2.22. The normalized spacial score (nSPS) is 11.3. The zero-order valence-electron chi connectivity index (χ0n) is 22.5. The summed E-state index contributed by atoms with van der Waals surface area (Å²) in [5, 5.41) is 5.81. The van der Waals surface area contributed by atoms with E-state index in [1.54, 1.807) is 30.3 Å². The second-order valence-electron chi connectivity index (χ2n) is 10.4. The summed E-state index contributed by atoms with van der Waals surface area (Å²) in [7, 11) is 0. The second-order valence-corrected chi connectivity index (χ2v) is 10.4. The van der Waals surface area contributed by atoms with Crippen LogP contribution in [-0.4, -0.2) is 18.4 Å². The molecule has 7 nitrogen and oxygen atoms in total.